The van der Waals surface area contributed by atoms with E-state index in [0.717, 1.165) is 36.9 Å². The summed E-state index contributed by atoms with van der Waals surface area (Å²) in [5, 5.41) is 29.0. The Morgan fingerprint density at radius 2 is 1.91 bits per heavy atom. The summed E-state index contributed by atoms with van der Waals surface area (Å²) in [6.07, 6.45) is 6.80. The molecule has 1 amide bonds. The number of amides is 1. The second kappa shape index (κ2) is 10.3. The zero-order valence-corrected chi connectivity index (χ0v) is 19.8. The number of hydrogen-bond donors (Lipinski definition) is 4. The van der Waals surface area contributed by atoms with Gasteiger partial charge in [0, 0.05) is 24.3 Å². The Hall–Kier alpha value is -1.93. The quantitative estimate of drug-likeness (QED) is 0.503. The molecule has 0 radical (unpaired) electrons. The van der Waals surface area contributed by atoms with E-state index >= 15 is 0 Å². The van der Waals surface area contributed by atoms with Gasteiger partial charge in [-0.05, 0) is 44.9 Å². The van der Waals surface area contributed by atoms with Gasteiger partial charge in [-0.1, -0.05) is 49.8 Å². The number of rotatable bonds is 7. The lowest BCUT2D eigenvalue weighted by atomic mass is 9.87. The van der Waals surface area contributed by atoms with Crippen LogP contribution < -0.4 is 11.1 Å². The Bertz CT molecular complexity index is 933. The molecular formula is C24H35ClN4O3. The van der Waals surface area contributed by atoms with Crippen LogP contribution in [-0.2, 0) is 6.54 Å². The fourth-order valence-corrected chi connectivity index (χ4v) is 4.34. The Kier molecular flexibility index (Phi) is 7.98. The zero-order valence-electron chi connectivity index (χ0n) is 19.0. The predicted octanol–water partition coefficient (Wildman–Crippen LogP) is 3.43. The summed E-state index contributed by atoms with van der Waals surface area (Å²) in [6, 6.07) is 7.11. The van der Waals surface area contributed by atoms with Crippen molar-refractivity contribution < 1.29 is 15.0 Å². The third-order valence-corrected chi connectivity index (χ3v) is 6.61. The highest BCUT2D eigenvalue weighted by atomic mass is 35.5. The highest BCUT2D eigenvalue weighted by Crippen LogP contribution is 2.28. The number of aryl methyl sites for hydroxylation is 1. The van der Waals surface area contributed by atoms with Crippen molar-refractivity contribution in [3.63, 3.8) is 0 Å². The molecule has 1 aliphatic carbocycles. The molecule has 0 bridgehead atoms. The number of aliphatic hydroxyl groups is 2. The summed E-state index contributed by atoms with van der Waals surface area (Å²) in [4.78, 5) is 12.9. The smallest absolute Gasteiger partial charge is 0.252 e. The van der Waals surface area contributed by atoms with Gasteiger partial charge in [-0.25, -0.2) is 0 Å². The van der Waals surface area contributed by atoms with Gasteiger partial charge in [0.2, 0.25) is 0 Å². The molecule has 1 aromatic heterocycles. The first-order chi connectivity index (χ1) is 15.1. The molecule has 5 N–H and O–H groups in total. The van der Waals surface area contributed by atoms with Gasteiger partial charge in [-0.3, -0.25) is 9.48 Å². The number of aromatic nitrogens is 2. The summed E-state index contributed by atoms with van der Waals surface area (Å²) in [5.41, 5.74) is 6.36. The highest BCUT2D eigenvalue weighted by molar-refractivity contribution is 6.34. The average molecular weight is 463 g/mol. The molecule has 8 heteroatoms. The maximum absolute atomic E-state index is 12.9. The molecule has 3 rings (SSSR count). The van der Waals surface area contributed by atoms with Crippen molar-refractivity contribution in [1.82, 2.24) is 15.1 Å². The molecule has 7 nitrogen and oxygen atoms in total. The van der Waals surface area contributed by atoms with Gasteiger partial charge in [0.1, 0.15) is 0 Å². The van der Waals surface area contributed by atoms with Gasteiger partial charge < -0.3 is 21.3 Å². The minimum atomic E-state index is -1.06. The van der Waals surface area contributed by atoms with Crippen LogP contribution in [0, 0.1) is 6.92 Å². The Morgan fingerprint density at radius 3 is 2.56 bits per heavy atom. The van der Waals surface area contributed by atoms with Gasteiger partial charge in [0.05, 0.1) is 34.0 Å². The highest BCUT2D eigenvalue weighted by Gasteiger charge is 2.28. The van der Waals surface area contributed by atoms with Gasteiger partial charge in [0.15, 0.2) is 0 Å². The largest absolute Gasteiger partial charge is 0.388 e. The average Bonchev–Trinajstić information content (AvgIpc) is 3.09. The summed E-state index contributed by atoms with van der Waals surface area (Å²) in [6.45, 7) is 4.19. The predicted molar refractivity (Wildman–Crippen MR) is 127 cm³/mol. The van der Waals surface area contributed by atoms with Crippen LogP contribution in [0.5, 0.6) is 0 Å². The standard InChI is InChI=1S/C24H35ClN4O3/c1-17-12-21(28-29(17)16-23(2,31)14-26)18-8-9-20(25)19(13-18)22(30)27-15-24(32)10-6-4-3-5-7-11-24/h8-9,12-13,31-32H,3-7,10-11,14-16,26H2,1-2H3,(H,27,30). The number of nitrogens with one attached hydrogen (secondary N) is 1. The van der Waals surface area contributed by atoms with Crippen molar-refractivity contribution in [3.05, 3.63) is 40.5 Å². The second-order valence-corrected chi connectivity index (χ2v) is 9.81. The molecule has 1 saturated carbocycles. The number of halogens is 1. The number of hydrogen-bond acceptors (Lipinski definition) is 5. The molecule has 32 heavy (non-hydrogen) atoms. The van der Waals surface area contributed by atoms with Crippen LogP contribution >= 0.6 is 11.6 Å². The molecule has 1 unspecified atom stereocenters. The first-order valence-corrected chi connectivity index (χ1v) is 11.8. The van der Waals surface area contributed by atoms with E-state index in [2.05, 4.69) is 10.4 Å². The fourth-order valence-electron chi connectivity index (χ4n) is 4.14. The van der Waals surface area contributed by atoms with Crippen LogP contribution in [-0.4, -0.2) is 50.2 Å². The first-order valence-electron chi connectivity index (χ1n) is 11.4. The SMILES string of the molecule is Cc1cc(-c2ccc(Cl)c(C(=O)NCC3(O)CCCCCCC3)c2)nn1CC(C)(O)CN. The topological polar surface area (TPSA) is 113 Å². The summed E-state index contributed by atoms with van der Waals surface area (Å²) in [7, 11) is 0. The number of carbonyl (C=O) groups excluding carboxylic acids is 1. The number of carbonyl (C=O) groups is 1. The zero-order chi connectivity index (χ0) is 23.4. The van der Waals surface area contributed by atoms with E-state index in [4.69, 9.17) is 17.3 Å². The Labute approximate surface area is 195 Å². The third-order valence-electron chi connectivity index (χ3n) is 6.28. The fraction of sp³-hybridized carbons (Fsp3) is 0.583. The van der Waals surface area contributed by atoms with Crippen LogP contribution in [0.1, 0.15) is 67.9 Å². The van der Waals surface area contributed by atoms with Crippen molar-refractivity contribution in [1.29, 1.82) is 0 Å². The van der Waals surface area contributed by atoms with Crippen LogP contribution in [0.2, 0.25) is 5.02 Å². The molecule has 1 heterocycles. The van der Waals surface area contributed by atoms with Gasteiger partial charge in [-0.2, -0.15) is 5.10 Å². The van der Waals surface area contributed by atoms with E-state index < -0.39 is 11.2 Å². The van der Waals surface area contributed by atoms with Crippen molar-refractivity contribution in [2.45, 2.75) is 76.5 Å². The second-order valence-electron chi connectivity index (χ2n) is 9.40. The van der Waals surface area contributed by atoms with Crippen molar-refractivity contribution >= 4 is 17.5 Å². The van der Waals surface area contributed by atoms with Crippen molar-refractivity contribution in [2.24, 2.45) is 5.73 Å². The van der Waals surface area contributed by atoms with E-state index in [0.29, 0.717) is 29.1 Å². The molecule has 0 spiro atoms. The number of benzene rings is 1. The molecule has 1 fully saturated rings. The van der Waals surface area contributed by atoms with E-state index in [1.807, 2.05) is 19.1 Å². The lowest BCUT2D eigenvalue weighted by Gasteiger charge is -2.30. The number of nitrogens with two attached hydrogens (primary N) is 1. The van der Waals surface area contributed by atoms with Crippen molar-refractivity contribution in [2.75, 3.05) is 13.1 Å². The Balaban J connectivity index is 1.75. The molecule has 1 aromatic carbocycles. The normalized spacial score (nSPS) is 18.4. The van der Waals surface area contributed by atoms with Crippen LogP contribution in [0.15, 0.2) is 24.3 Å². The molecule has 176 valence electrons. The van der Waals surface area contributed by atoms with Gasteiger partial charge in [0.25, 0.3) is 5.91 Å². The van der Waals surface area contributed by atoms with E-state index in [-0.39, 0.29) is 25.5 Å². The van der Waals surface area contributed by atoms with E-state index in [9.17, 15) is 15.0 Å². The maximum Gasteiger partial charge on any atom is 0.252 e. The molecule has 0 aliphatic heterocycles. The van der Waals surface area contributed by atoms with Crippen LogP contribution in [0.4, 0.5) is 0 Å². The van der Waals surface area contributed by atoms with E-state index in [1.165, 1.54) is 6.42 Å². The molecule has 1 atom stereocenters. The summed E-state index contributed by atoms with van der Waals surface area (Å²) < 4.78 is 1.71. The number of nitrogens with zero attached hydrogens (tertiary/aromatic N) is 2. The van der Waals surface area contributed by atoms with Crippen LogP contribution in [0.25, 0.3) is 11.3 Å². The molecule has 1 aliphatic rings. The minimum Gasteiger partial charge on any atom is -0.388 e. The molecule has 0 saturated heterocycles. The summed E-state index contributed by atoms with van der Waals surface area (Å²) >= 11 is 6.33. The maximum atomic E-state index is 12.9. The van der Waals surface area contributed by atoms with Crippen LogP contribution in [0.3, 0.4) is 0 Å². The lowest BCUT2D eigenvalue weighted by Crippen LogP contribution is -2.43. The summed E-state index contributed by atoms with van der Waals surface area (Å²) in [5.74, 6) is -0.311. The molecule has 2 aromatic rings. The van der Waals surface area contributed by atoms with E-state index in [1.54, 1.807) is 23.7 Å². The Morgan fingerprint density at radius 1 is 1.25 bits per heavy atom. The minimum absolute atomic E-state index is 0.124. The lowest BCUT2D eigenvalue weighted by molar-refractivity contribution is 0.0146. The third kappa shape index (κ3) is 6.32. The van der Waals surface area contributed by atoms with Crippen molar-refractivity contribution in [3.8, 4) is 11.3 Å². The van der Waals surface area contributed by atoms with Gasteiger partial charge in [-0.15, -0.1) is 0 Å². The van der Waals surface area contributed by atoms with Gasteiger partial charge >= 0.3 is 0 Å². The monoisotopic (exact) mass is 462 g/mol. The first kappa shape index (κ1) is 24.7. The molecular weight excluding hydrogens is 428 g/mol.